The summed E-state index contributed by atoms with van der Waals surface area (Å²) in [7, 11) is 0. The first-order valence-electron chi connectivity index (χ1n) is 8.61. The average molecular weight is 308 g/mol. The molecule has 1 aliphatic rings. The van der Waals surface area contributed by atoms with Crippen LogP contribution in [0.15, 0.2) is 25.3 Å². The molecule has 0 aromatic rings. The van der Waals surface area contributed by atoms with Crippen LogP contribution >= 0.6 is 0 Å². The number of allylic oxidation sites excluding steroid dienone is 1. The van der Waals surface area contributed by atoms with Crippen molar-refractivity contribution in [2.24, 2.45) is 0 Å². The summed E-state index contributed by atoms with van der Waals surface area (Å²) in [5.41, 5.74) is -1.13. The second-order valence-electron chi connectivity index (χ2n) is 6.71. The number of unbranched alkanes of at least 4 members (excludes halogenated alkanes) is 7. The van der Waals surface area contributed by atoms with Gasteiger partial charge in [0.2, 0.25) is 0 Å². The third-order valence-electron chi connectivity index (χ3n) is 4.83. The highest BCUT2D eigenvalue weighted by atomic mass is 16.8. The molecule has 1 heterocycles. The maximum Gasteiger partial charge on any atom is 0.509 e. The van der Waals surface area contributed by atoms with Crippen molar-refractivity contribution in [1.29, 1.82) is 0 Å². The molecule has 0 amide bonds. The summed E-state index contributed by atoms with van der Waals surface area (Å²) in [5, 5.41) is 0. The highest BCUT2D eigenvalue weighted by Crippen LogP contribution is 2.42. The summed E-state index contributed by atoms with van der Waals surface area (Å²) in [6.45, 7) is 11.4. The third kappa shape index (κ3) is 5.19. The molecule has 0 spiro atoms. The second-order valence-corrected chi connectivity index (χ2v) is 6.71. The van der Waals surface area contributed by atoms with Gasteiger partial charge in [0.25, 0.3) is 0 Å². The highest BCUT2D eigenvalue weighted by molar-refractivity contribution is 5.64. The van der Waals surface area contributed by atoms with Crippen molar-refractivity contribution in [1.82, 2.24) is 0 Å². The Morgan fingerprint density at radius 3 is 2.00 bits per heavy atom. The maximum atomic E-state index is 11.5. The van der Waals surface area contributed by atoms with Crippen molar-refractivity contribution in [3.05, 3.63) is 25.3 Å². The van der Waals surface area contributed by atoms with E-state index in [1.165, 1.54) is 38.5 Å². The molecule has 0 aromatic heterocycles. The van der Waals surface area contributed by atoms with Crippen LogP contribution in [-0.2, 0) is 9.47 Å². The molecule has 0 radical (unpaired) electrons. The van der Waals surface area contributed by atoms with Crippen LogP contribution in [0.3, 0.4) is 0 Å². The van der Waals surface area contributed by atoms with E-state index in [4.69, 9.17) is 9.47 Å². The molecule has 3 heteroatoms. The number of ether oxygens (including phenoxy) is 2. The summed E-state index contributed by atoms with van der Waals surface area (Å²) in [5.74, 6) is 0. The van der Waals surface area contributed by atoms with E-state index in [0.29, 0.717) is 6.42 Å². The fourth-order valence-corrected chi connectivity index (χ4v) is 3.09. The van der Waals surface area contributed by atoms with E-state index in [1.54, 1.807) is 6.08 Å². The van der Waals surface area contributed by atoms with Crippen LogP contribution in [-0.4, -0.2) is 17.4 Å². The minimum Gasteiger partial charge on any atom is -0.424 e. The Balaban J connectivity index is 2.23. The van der Waals surface area contributed by atoms with Gasteiger partial charge in [-0.05, 0) is 39.5 Å². The lowest BCUT2D eigenvalue weighted by atomic mass is 9.79. The van der Waals surface area contributed by atoms with Crippen LogP contribution in [0, 0.1) is 0 Å². The average Bonchev–Trinajstić information content (AvgIpc) is 2.67. The molecule has 2 unspecified atom stereocenters. The standard InChI is InChI=1S/C19H32O3/c1-5-7-8-9-10-11-12-13-14-16-19(4)18(3,15-6-2)21-17(20)22-19/h5-6H,1-2,7-16H2,3-4H3. The number of carbonyl (C=O) groups excluding carboxylic acids is 1. The molecule has 3 nitrogen and oxygen atoms in total. The predicted octanol–water partition coefficient (Wildman–Crippen LogP) is 5.94. The first kappa shape index (κ1) is 18.8. The summed E-state index contributed by atoms with van der Waals surface area (Å²) in [6, 6.07) is 0. The second kappa shape index (κ2) is 9.02. The van der Waals surface area contributed by atoms with E-state index < -0.39 is 17.4 Å². The third-order valence-corrected chi connectivity index (χ3v) is 4.83. The molecule has 0 saturated carbocycles. The fourth-order valence-electron chi connectivity index (χ4n) is 3.09. The number of hydrogen-bond donors (Lipinski definition) is 0. The first-order valence-corrected chi connectivity index (χ1v) is 8.61. The molecule has 1 saturated heterocycles. The number of carbonyl (C=O) groups is 1. The molecule has 0 bridgehead atoms. The van der Waals surface area contributed by atoms with Gasteiger partial charge in [0.1, 0.15) is 0 Å². The Kier molecular flexibility index (Phi) is 7.70. The van der Waals surface area contributed by atoms with E-state index >= 15 is 0 Å². The maximum absolute atomic E-state index is 11.5. The number of hydrogen-bond acceptors (Lipinski definition) is 3. The zero-order chi connectivity index (χ0) is 16.5. The zero-order valence-electron chi connectivity index (χ0n) is 14.4. The fraction of sp³-hybridized carbons (Fsp3) is 0.737. The minimum atomic E-state index is -0.587. The van der Waals surface area contributed by atoms with Gasteiger partial charge in [-0.2, -0.15) is 0 Å². The van der Waals surface area contributed by atoms with Gasteiger partial charge in [-0.25, -0.2) is 4.79 Å². The molecule has 22 heavy (non-hydrogen) atoms. The number of rotatable bonds is 12. The van der Waals surface area contributed by atoms with Crippen LogP contribution in [0.2, 0.25) is 0 Å². The van der Waals surface area contributed by atoms with Crippen LogP contribution in [0.25, 0.3) is 0 Å². The molecular weight excluding hydrogens is 276 g/mol. The molecule has 2 atom stereocenters. The minimum absolute atomic E-state index is 0.539. The van der Waals surface area contributed by atoms with Crippen LogP contribution < -0.4 is 0 Å². The molecular formula is C19H32O3. The quantitative estimate of drug-likeness (QED) is 0.254. The van der Waals surface area contributed by atoms with E-state index in [-0.39, 0.29) is 0 Å². The molecule has 126 valence electrons. The SMILES string of the molecule is C=CCCCCCCCCCC1(C)OC(=O)OC1(C)CC=C. The lowest BCUT2D eigenvalue weighted by Crippen LogP contribution is -2.46. The summed E-state index contributed by atoms with van der Waals surface area (Å²) in [4.78, 5) is 11.5. The van der Waals surface area contributed by atoms with Crippen molar-refractivity contribution in [2.75, 3.05) is 0 Å². The lowest BCUT2D eigenvalue weighted by Gasteiger charge is -2.35. The van der Waals surface area contributed by atoms with Crippen LogP contribution in [0.4, 0.5) is 4.79 Å². The van der Waals surface area contributed by atoms with Gasteiger partial charge in [0.15, 0.2) is 11.2 Å². The van der Waals surface area contributed by atoms with Crippen molar-refractivity contribution >= 4 is 6.16 Å². The van der Waals surface area contributed by atoms with E-state index in [0.717, 1.165) is 19.3 Å². The Morgan fingerprint density at radius 2 is 1.41 bits per heavy atom. The smallest absolute Gasteiger partial charge is 0.424 e. The van der Waals surface area contributed by atoms with Gasteiger partial charge in [-0.3, -0.25) is 0 Å². The predicted molar refractivity (Wildman–Crippen MR) is 90.9 cm³/mol. The van der Waals surface area contributed by atoms with Crippen molar-refractivity contribution in [3.63, 3.8) is 0 Å². The summed E-state index contributed by atoms with van der Waals surface area (Å²) < 4.78 is 10.9. The largest absolute Gasteiger partial charge is 0.509 e. The Bertz CT molecular complexity index is 377. The van der Waals surface area contributed by atoms with Gasteiger partial charge >= 0.3 is 6.16 Å². The zero-order valence-corrected chi connectivity index (χ0v) is 14.4. The van der Waals surface area contributed by atoms with E-state index in [2.05, 4.69) is 13.2 Å². The normalized spacial score (nSPS) is 27.3. The molecule has 0 aliphatic carbocycles. The first-order chi connectivity index (χ1) is 10.5. The van der Waals surface area contributed by atoms with Gasteiger partial charge < -0.3 is 9.47 Å². The topological polar surface area (TPSA) is 35.5 Å². The molecule has 1 fully saturated rings. The monoisotopic (exact) mass is 308 g/mol. The molecule has 1 aliphatic heterocycles. The summed E-state index contributed by atoms with van der Waals surface area (Å²) in [6.07, 6.45) is 14.5. The Labute approximate surface area is 135 Å². The molecule has 1 rings (SSSR count). The van der Waals surface area contributed by atoms with Crippen LogP contribution in [0.5, 0.6) is 0 Å². The van der Waals surface area contributed by atoms with Crippen molar-refractivity contribution in [3.8, 4) is 0 Å². The van der Waals surface area contributed by atoms with E-state index in [9.17, 15) is 4.79 Å². The summed E-state index contributed by atoms with van der Waals surface area (Å²) >= 11 is 0. The Hall–Kier alpha value is -1.25. The van der Waals surface area contributed by atoms with Gasteiger partial charge in [0, 0.05) is 6.42 Å². The van der Waals surface area contributed by atoms with Gasteiger partial charge in [0.05, 0.1) is 0 Å². The van der Waals surface area contributed by atoms with Crippen LogP contribution in [0.1, 0.15) is 78.1 Å². The molecule has 0 N–H and O–H groups in total. The number of cyclic esters (lactones) is 2. The van der Waals surface area contributed by atoms with E-state index in [1.807, 2.05) is 19.9 Å². The van der Waals surface area contributed by atoms with Gasteiger partial charge in [-0.1, -0.05) is 44.3 Å². The highest BCUT2D eigenvalue weighted by Gasteiger charge is 2.55. The molecule has 0 aromatic carbocycles. The van der Waals surface area contributed by atoms with Gasteiger partial charge in [-0.15, -0.1) is 13.2 Å². The van der Waals surface area contributed by atoms with Crippen molar-refractivity contribution in [2.45, 2.75) is 89.3 Å². The Morgan fingerprint density at radius 1 is 0.864 bits per heavy atom. The van der Waals surface area contributed by atoms with Crippen molar-refractivity contribution < 1.29 is 14.3 Å². The lowest BCUT2D eigenvalue weighted by molar-refractivity contribution is -0.0284.